The lowest BCUT2D eigenvalue weighted by Crippen LogP contribution is -2.52. The van der Waals surface area contributed by atoms with Gasteiger partial charge in [0, 0.05) is 6.42 Å². The molecule has 0 unspecified atom stereocenters. The molecule has 5 rings (SSSR count). The summed E-state index contributed by atoms with van der Waals surface area (Å²) in [6.45, 7) is 1.29. The Bertz CT molecular complexity index is 1560. The lowest BCUT2D eigenvalue weighted by molar-refractivity contribution is -0.190. The Morgan fingerprint density at radius 1 is 1.05 bits per heavy atom. The van der Waals surface area contributed by atoms with Crippen LogP contribution in [-0.4, -0.2) is 82.4 Å². The van der Waals surface area contributed by atoms with Crippen molar-refractivity contribution in [1.29, 1.82) is 0 Å². The molecule has 2 aromatic heterocycles. The van der Waals surface area contributed by atoms with Gasteiger partial charge in [0.2, 0.25) is 5.28 Å². The summed E-state index contributed by atoms with van der Waals surface area (Å²) in [6.07, 6.45) is -4.75. The van der Waals surface area contributed by atoms with Gasteiger partial charge >= 0.3 is 11.9 Å². The Balaban J connectivity index is 1.37. The Labute approximate surface area is 244 Å². The molecule has 0 spiro atoms. The van der Waals surface area contributed by atoms with Crippen molar-refractivity contribution < 1.29 is 39.5 Å². The van der Waals surface area contributed by atoms with Crippen LogP contribution in [-0.2, 0) is 25.5 Å². The number of carbonyl (C=O) groups is 2. The molecule has 0 bridgehead atoms. The Hall–Kier alpha value is -4.14. The van der Waals surface area contributed by atoms with Gasteiger partial charge in [0.05, 0.1) is 19.0 Å². The first-order valence-electron chi connectivity index (χ1n) is 13.0. The van der Waals surface area contributed by atoms with Crippen LogP contribution in [0.4, 0.5) is 5.82 Å². The summed E-state index contributed by atoms with van der Waals surface area (Å²) in [7, 11) is 0. The maximum atomic E-state index is 12.1. The number of hydrogen-bond donors (Lipinski definition) is 5. The van der Waals surface area contributed by atoms with E-state index >= 15 is 0 Å². The van der Waals surface area contributed by atoms with Crippen molar-refractivity contribution in [1.82, 2.24) is 19.5 Å². The number of nitrogens with one attached hydrogen (secondary N) is 1. The van der Waals surface area contributed by atoms with Crippen molar-refractivity contribution in [2.24, 2.45) is 0 Å². The quantitative estimate of drug-likeness (QED) is 0.126. The minimum atomic E-state index is -2.66. The van der Waals surface area contributed by atoms with E-state index in [0.717, 1.165) is 5.56 Å². The number of aliphatic carboxylic acids is 2. The third kappa shape index (κ3) is 5.65. The lowest BCUT2D eigenvalue weighted by atomic mass is 9.94. The number of aliphatic hydroxyl groups is 2. The number of hydrogen-bond acceptors (Lipinski definition) is 10. The Kier molecular flexibility index (Phi) is 8.38. The van der Waals surface area contributed by atoms with E-state index in [1.165, 1.54) is 10.9 Å². The number of benzene rings is 2. The Morgan fingerprint density at radius 3 is 2.33 bits per heavy atom. The number of anilines is 1. The Morgan fingerprint density at radius 2 is 1.69 bits per heavy atom. The molecule has 0 aliphatic carbocycles. The number of nitrogens with zero attached hydrogens (tertiary/aromatic N) is 4. The van der Waals surface area contributed by atoms with E-state index in [4.69, 9.17) is 21.1 Å². The van der Waals surface area contributed by atoms with Crippen molar-refractivity contribution in [2.75, 3.05) is 11.9 Å². The highest BCUT2D eigenvalue weighted by molar-refractivity contribution is 6.28. The number of ether oxygens (including phenoxy) is 2. The van der Waals surface area contributed by atoms with Crippen LogP contribution in [0.2, 0.25) is 5.28 Å². The predicted octanol–water partition coefficient (Wildman–Crippen LogP) is 2.44. The molecule has 5 atom stereocenters. The maximum absolute atomic E-state index is 12.1. The number of halogens is 1. The smallest absolute Gasteiger partial charge is 0.348 e. The summed E-state index contributed by atoms with van der Waals surface area (Å²) < 4.78 is 12.7. The molecule has 42 heavy (non-hydrogen) atoms. The molecule has 1 fully saturated rings. The van der Waals surface area contributed by atoms with Crippen LogP contribution in [0.5, 0.6) is 0 Å². The first-order valence-corrected chi connectivity index (χ1v) is 13.4. The number of imidazole rings is 1. The zero-order valence-corrected chi connectivity index (χ0v) is 23.0. The summed E-state index contributed by atoms with van der Waals surface area (Å²) >= 11 is 6.22. The minimum absolute atomic E-state index is 0.103. The predicted molar refractivity (Wildman–Crippen MR) is 149 cm³/mol. The lowest BCUT2D eigenvalue weighted by Gasteiger charge is -2.27. The van der Waals surface area contributed by atoms with E-state index in [2.05, 4.69) is 20.3 Å². The molecule has 220 valence electrons. The van der Waals surface area contributed by atoms with E-state index in [9.17, 15) is 30.0 Å². The van der Waals surface area contributed by atoms with Crippen molar-refractivity contribution in [3.8, 4) is 0 Å². The van der Waals surface area contributed by atoms with Crippen molar-refractivity contribution in [3.05, 3.63) is 83.4 Å². The molecule has 2 aromatic carbocycles. The molecule has 1 aliphatic rings. The maximum Gasteiger partial charge on any atom is 0.348 e. The first kappa shape index (κ1) is 29.4. The summed E-state index contributed by atoms with van der Waals surface area (Å²) in [4.78, 5) is 37.2. The highest BCUT2D eigenvalue weighted by atomic mass is 35.5. The number of carboxylic acids is 2. The van der Waals surface area contributed by atoms with Gasteiger partial charge in [0.1, 0.15) is 18.3 Å². The summed E-state index contributed by atoms with van der Waals surface area (Å²) in [5.74, 6) is -3.11. The number of fused-ring (bicyclic) bond motifs is 1. The van der Waals surface area contributed by atoms with Gasteiger partial charge in [-0.15, -0.1) is 0 Å². The molecule has 14 heteroatoms. The third-order valence-corrected chi connectivity index (χ3v) is 7.31. The van der Waals surface area contributed by atoms with Gasteiger partial charge < -0.3 is 35.2 Å². The van der Waals surface area contributed by atoms with Crippen molar-refractivity contribution in [2.45, 2.75) is 49.5 Å². The molecule has 13 nitrogen and oxygen atoms in total. The van der Waals surface area contributed by atoms with Crippen LogP contribution in [0, 0.1) is 0 Å². The molecule has 0 amide bonds. The fourth-order valence-electron chi connectivity index (χ4n) is 4.83. The van der Waals surface area contributed by atoms with Gasteiger partial charge in [0.25, 0.3) is 5.60 Å². The molecule has 0 radical (unpaired) electrons. The fraction of sp³-hybridized carbons (Fsp3) is 0.321. The van der Waals surface area contributed by atoms with E-state index in [-0.39, 0.29) is 17.0 Å². The second-order valence-electron chi connectivity index (χ2n) is 9.90. The number of rotatable bonds is 11. The van der Waals surface area contributed by atoms with Crippen LogP contribution in [0.3, 0.4) is 0 Å². The molecule has 1 saturated heterocycles. The van der Waals surface area contributed by atoms with E-state index in [0.29, 0.717) is 16.9 Å². The van der Waals surface area contributed by atoms with Crippen LogP contribution >= 0.6 is 11.6 Å². The van der Waals surface area contributed by atoms with Crippen LogP contribution < -0.4 is 5.32 Å². The molecule has 5 N–H and O–H groups in total. The number of carboxylic acid groups (broad SMARTS) is 2. The monoisotopic (exact) mass is 597 g/mol. The standard InChI is InChI=1S/C28H28ClN5O8/c1-15(17-10-6-3-7-11-17)31-22-19-23(33-27(29)32-22)34(14-30-19)24-21(36)20(35)18(42-24)13-41-28(25(37)38,26(39)40)12-16-8-4-2-5-9-16/h2-11,14-15,18,20-21,24,35-36H,12-13H2,1H3,(H,37,38)(H,39,40)(H,31,32,33)/t15-,18-,20-,21-,24-/m1/s1. The highest BCUT2D eigenvalue weighted by Gasteiger charge is 2.51. The number of aliphatic hydroxyl groups excluding tert-OH is 2. The molecule has 0 saturated carbocycles. The second-order valence-corrected chi connectivity index (χ2v) is 10.2. The topological polar surface area (TPSA) is 189 Å². The molecular weight excluding hydrogens is 570 g/mol. The normalized spacial score (nSPS) is 21.3. The van der Waals surface area contributed by atoms with E-state index in [1.54, 1.807) is 30.3 Å². The zero-order valence-electron chi connectivity index (χ0n) is 22.2. The van der Waals surface area contributed by atoms with Crippen LogP contribution in [0.1, 0.15) is 30.3 Å². The largest absolute Gasteiger partial charge is 0.479 e. The first-order chi connectivity index (χ1) is 20.1. The van der Waals surface area contributed by atoms with Crippen molar-refractivity contribution in [3.63, 3.8) is 0 Å². The second kappa shape index (κ2) is 12.0. The SMILES string of the molecule is C[C@@H](Nc1nc(Cl)nc2c1ncn2[C@@H]1O[C@H](COC(Cc2ccccc2)(C(=O)O)C(=O)O)[C@@H](O)[C@H]1O)c1ccccc1. The van der Waals surface area contributed by atoms with Gasteiger partial charge in [-0.25, -0.2) is 14.6 Å². The number of aromatic nitrogens is 4. The molecule has 3 heterocycles. The molecular formula is C28H28ClN5O8. The average molecular weight is 598 g/mol. The van der Waals surface area contributed by atoms with E-state index < -0.39 is 55.1 Å². The fourth-order valence-corrected chi connectivity index (χ4v) is 4.99. The highest BCUT2D eigenvalue weighted by Crippen LogP contribution is 2.34. The van der Waals surface area contributed by atoms with Crippen LogP contribution in [0.15, 0.2) is 67.0 Å². The van der Waals surface area contributed by atoms with Gasteiger partial charge in [-0.2, -0.15) is 9.97 Å². The summed E-state index contributed by atoms with van der Waals surface area (Å²) in [6, 6.07) is 17.6. The zero-order chi connectivity index (χ0) is 30.0. The third-order valence-electron chi connectivity index (χ3n) is 7.14. The summed E-state index contributed by atoms with van der Waals surface area (Å²) in [5.41, 5.74) is -0.728. The van der Waals surface area contributed by atoms with Crippen molar-refractivity contribution >= 4 is 40.5 Å². The van der Waals surface area contributed by atoms with E-state index in [1.807, 2.05) is 37.3 Å². The molecule has 1 aliphatic heterocycles. The average Bonchev–Trinajstić information content (AvgIpc) is 3.51. The molecule has 4 aromatic rings. The van der Waals surface area contributed by atoms with Crippen LogP contribution in [0.25, 0.3) is 11.2 Å². The van der Waals surface area contributed by atoms with Gasteiger partial charge in [0.15, 0.2) is 23.2 Å². The summed E-state index contributed by atoms with van der Waals surface area (Å²) in [5, 5.41) is 44.5. The van der Waals surface area contributed by atoms with Gasteiger partial charge in [-0.05, 0) is 29.7 Å². The van der Waals surface area contributed by atoms with Gasteiger partial charge in [-0.1, -0.05) is 60.7 Å². The van der Waals surface area contributed by atoms with Gasteiger partial charge in [-0.3, -0.25) is 4.57 Å². The minimum Gasteiger partial charge on any atom is -0.479 e.